The molecule has 618 valence electrons. The van der Waals surface area contributed by atoms with E-state index < -0.39 is 36.2 Å². The molecule has 5 aromatic carbocycles. The summed E-state index contributed by atoms with van der Waals surface area (Å²) in [6, 6.07) is 40.4. The van der Waals surface area contributed by atoms with Gasteiger partial charge in [0, 0.05) is 47.2 Å². The maximum Gasteiger partial charge on any atom is 0.408 e. The Morgan fingerprint density at radius 3 is 1.17 bits per heavy atom. The summed E-state index contributed by atoms with van der Waals surface area (Å²) < 4.78 is 4.95. The number of hydrogen-bond donors (Lipinski definition) is 9. The maximum atomic E-state index is 13.5. The molecule has 0 radical (unpaired) electrons. The average Bonchev–Trinajstić information content (AvgIpc) is 1.50. The smallest absolute Gasteiger partial charge is 0.408 e. The third-order valence-corrected chi connectivity index (χ3v) is 20.7. The van der Waals surface area contributed by atoms with E-state index in [-0.39, 0.29) is 94.0 Å². The first kappa shape index (κ1) is 90.0. The van der Waals surface area contributed by atoms with E-state index in [2.05, 4.69) is 162 Å². The molecule has 8 heterocycles. The number of aromatic nitrogens is 8. The molecule has 9 aromatic rings. The molecule has 4 saturated heterocycles. The number of imidazole rings is 4. The third kappa shape index (κ3) is 23.4. The molecule has 28 nitrogen and oxygen atoms in total. The number of nitrogens with two attached hydrogens (primary N) is 1. The second-order valence-corrected chi connectivity index (χ2v) is 29.7. The quantitative estimate of drug-likeness (QED) is 0.00576. The summed E-state index contributed by atoms with van der Waals surface area (Å²) in [6.07, 6.45) is 16.8. The van der Waals surface area contributed by atoms with Crippen molar-refractivity contribution in [2.24, 2.45) is 39.4 Å². The first-order valence-electron chi connectivity index (χ1n) is 38.8. The van der Waals surface area contributed by atoms with Crippen molar-refractivity contribution in [3.63, 3.8) is 0 Å². The van der Waals surface area contributed by atoms with Crippen molar-refractivity contribution in [3.8, 4) is 67.3 Å². The molecule has 8 atom stereocenters. The zero-order valence-electron chi connectivity index (χ0n) is 67.6. The maximum absolute atomic E-state index is 13.5. The van der Waals surface area contributed by atoms with Gasteiger partial charge in [0.15, 0.2) is 0 Å². The Morgan fingerprint density at radius 1 is 0.496 bits per heavy atom. The van der Waals surface area contributed by atoms with Crippen LogP contribution in [0.25, 0.3) is 67.3 Å². The van der Waals surface area contributed by atoms with Gasteiger partial charge in [-0.1, -0.05) is 183 Å². The number of nitrogens with one attached hydrogen (secondary N) is 6. The van der Waals surface area contributed by atoms with E-state index in [9.17, 15) is 24.0 Å². The van der Waals surface area contributed by atoms with Crippen LogP contribution in [0.2, 0.25) is 0 Å². The Balaban J connectivity index is 0.000000231. The van der Waals surface area contributed by atoms with E-state index in [0.717, 1.165) is 155 Å². The molecule has 13 rings (SSSR count). The number of carboxylic acid groups (broad SMARTS) is 1. The summed E-state index contributed by atoms with van der Waals surface area (Å²) in [6.45, 7) is 18.5. The number of hydrogen-bond acceptors (Lipinski definition) is 19. The summed E-state index contributed by atoms with van der Waals surface area (Å²) in [5, 5.41) is 21.7. The van der Waals surface area contributed by atoms with Crippen LogP contribution in [0, 0.1) is 31.1 Å². The van der Waals surface area contributed by atoms with E-state index in [1.165, 1.54) is 33.4 Å². The van der Waals surface area contributed by atoms with Crippen molar-refractivity contribution in [2.75, 3.05) is 47.5 Å². The molecule has 4 amide bonds. The summed E-state index contributed by atoms with van der Waals surface area (Å²) in [5.74, 6) is 2.15. The number of H-pyrrole nitrogens is 4. The molecule has 0 aliphatic carbocycles. The predicted octanol–water partition coefficient (Wildman–Crippen LogP) is 14.0. The number of aliphatic carboxylic acids is 1. The molecule has 0 bridgehead atoms. The molecule has 0 spiro atoms. The van der Waals surface area contributed by atoms with Crippen LogP contribution >= 0.6 is 0 Å². The van der Waals surface area contributed by atoms with Gasteiger partial charge in [0.1, 0.15) is 48.0 Å². The molecule has 29 heteroatoms. The minimum Gasteiger partial charge on any atom is -0.480 e. The Morgan fingerprint density at radius 2 is 0.843 bits per heavy atom. The summed E-state index contributed by atoms with van der Waals surface area (Å²) in [5.41, 5.74) is 19.5. The zero-order chi connectivity index (χ0) is 80.7. The molecule has 4 aromatic heterocycles. The first-order valence-corrected chi connectivity index (χ1v) is 38.8. The number of aromatic amines is 4. The van der Waals surface area contributed by atoms with Crippen molar-refractivity contribution in [2.45, 2.75) is 162 Å². The van der Waals surface area contributed by atoms with Crippen molar-refractivity contribution in [1.29, 1.82) is 0 Å². The topological polar surface area (TPSA) is 371 Å². The number of carbonyl (C=O) groups excluding carboxylic acids is 4. The number of ether oxygens (including phenoxy) is 1. The van der Waals surface area contributed by atoms with E-state index in [1.54, 1.807) is 13.8 Å². The van der Waals surface area contributed by atoms with Crippen LogP contribution in [-0.2, 0) is 70.5 Å². The molecule has 10 N–H and O–H groups in total. The molecule has 4 aliphatic rings. The number of rotatable bonds is 27. The van der Waals surface area contributed by atoms with Gasteiger partial charge >= 0.3 is 12.1 Å². The second-order valence-electron chi connectivity index (χ2n) is 29.7. The van der Waals surface area contributed by atoms with E-state index in [0.29, 0.717) is 25.7 Å². The second kappa shape index (κ2) is 43.8. The van der Waals surface area contributed by atoms with Crippen LogP contribution in [0.1, 0.15) is 160 Å². The van der Waals surface area contributed by atoms with E-state index in [1.807, 2.05) is 111 Å². The predicted molar refractivity (Wildman–Crippen MR) is 439 cm³/mol. The van der Waals surface area contributed by atoms with Crippen LogP contribution in [0.4, 0.5) is 4.79 Å². The Bertz CT molecular complexity index is 4560. The van der Waals surface area contributed by atoms with Crippen LogP contribution in [0.5, 0.6) is 0 Å². The fourth-order valence-electron chi connectivity index (χ4n) is 14.4. The molecular weight excluding hydrogens is 1560 g/mol. The van der Waals surface area contributed by atoms with Crippen LogP contribution in [0.15, 0.2) is 162 Å². The number of alkyl carbamates (subject to hydrolysis) is 1. The summed E-state index contributed by atoms with van der Waals surface area (Å²) in [7, 11) is 3.80. The van der Waals surface area contributed by atoms with Crippen molar-refractivity contribution < 1.29 is 78.9 Å². The van der Waals surface area contributed by atoms with Gasteiger partial charge in [0.25, 0.3) is 0 Å². The van der Waals surface area contributed by atoms with Gasteiger partial charge < -0.3 is 83.2 Å². The van der Waals surface area contributed by atoms with E-state index in [4.69, 9.17) is 35.4 Å². The average molecular weight is 1670 g/mol. The standard InChI is InChI=1S/C38H48N8O4.C33H39N7O3.C13H17NO4.CH4O.CH3.Pd/c1-23(2)33(39)37(47)45-18-6-8-31(45)35-40-20-29(43-35)27-14-10-25(11-15-27)26-12-16-28(17-13-26)30-21-41-36(44-30)32-9-7-19-46(32)38(48)34(24(3)4)42-22-50-49-5;1-21(2)30(37-20-43-42-3)33(41)40-17-5-7-29(40)32-36-19-28(39-32)25-14-10-23(11-15-25)22-8-12-24(13-9-22)27-18-35-31(38-27)26-6-4-16-34-26;1-9(2)11(12(15)16)14-13(17)18-8-10-6-4-3-5-7-10;1-2;;/h10-17,20-24,31-34H,6-9,18-19,39H2,1-5H3,(H,40,43)(H,41,44);8-15,18-21,26,29-30,34H,4-7,16-17H2,1-3H3,(H,35,38)(H,36,39);3-7,9,11H,8H2,1-2H3,(H,14,17)(H,15,16);2H,1H3;1H3;/q;;;;-1;/t31-,32-,33-,34-;26-,29-,30-;11-;;;/m000.../s1. The number of likely N-dealkylation sites (tertiary alicyclic amines) is 3. The fourth-order valence-corrected chi connectivity index (χ4v) is 14.4. The third-order valence-electron chi connectivity index (χ3n) is 20.7. The minimum atomic E-state index is -1.07. The summed E-state index contributed by atoms with van der Waals surface area (Å²) >= 11 is 0. The SMILES string of the molecule is CC(C)[C@H](NC(=O)OCc1ccccc1)C(=O)O.CO.COOC=N[C@H](C(=O)N1CCC[C@H]1c1ncc(-c2ccc(-c3ccc(-c4cnc([C@@H]5CCCN5)[nH]4)cc3)cc2)[nH]1)C(C)C.COOC=N[C@H](C(=O)N1CCC[C@H]1c1ncc(-c2ccc(-c3ccc(-c4cnc([C@@H]5CCCN5C(=O)[C@@H](N)C(C)C)[nH]4)cc3)cc2)[nH]1)C(C)C.[CH3-].[Pd]. The molecule has 4 aliphatic heterocycles. The van der Waals surface area contributed by atoms with Crippen molar-refractivity contribution >= 4 is 42.6 Å². The Labute approximate surface area is 687 Å². The molecule has 0 saturated carbocycles. The van der Waals surface area contributed by atoms with Gasteiger partial charge in [0.05, 0.1) is 92.0 Å². The number of nitrogens with zero attached hydrogens (tertiary/aromatic N) is 9. The number of aliphatic hydroxyl groups excluding tert-OH is 1. The number of aliphatic hydroxyl groups is 1. The van der Waals surface area contributed by atoms with Gasteiger partial charge in [-0.05, 0) is 132 Å². The van der Waals surface area contributed by atoms with Crippen molar-refractivity contribution in [1.82, 2.24) is 65.2 Å². The van der Waals surface area contributed by atoms with Gasteiger partial charge in [-0.3, -0.25) is 14.4 Å². The van der Waals surface area contributed by atoms with Gasteiger partial charge in [-0.25, -0.2) is 39.5 Å². The van der Waals surface area contributed by atoms with Gasteiger partial charge in [-0.15, -0.1) is 0 Å². The molecular formula is C86H111N16O12Pd-. The Kier molecular flexibility index (Phi) is 34.3. The van der Waals surface area contributed by atoms with Crippen molar-refractivity contribution in [3.05, 3.63) is 188 Å². The number of aliphatic imine (C=N–C) groups is 2. The van der Waals surface area contributed by atoms with Crippen LogP contribution in [-0.4, -0.2) is 179 Å². The Hall–Kier alpha value is -10.5. The van der Waals surface area contributed by atoms with Gasteiger partial charge in [0.2, 0.25) is 30.5 Å². The normalized spacial score (nSPS) is 17.6. The number of amides is 4. The largest absolute Gasteiger partial charge is 0.480 e. The minimum absolute atomic E-state index is 0. The molecule has 0 unspecified atom stereocenters. The molecule has 4 fully saturated rings. The number of carbonyl (C=O) groups is 5. The van der Waals surface area contributed by atoms with Crippen LogP contribution in [0.3, 0.4) is 0 Å². The monoisotopic (exact) mass is 1670 g/mol. The first-order chi connectivity index (χ1) is 54.7. The number of benzene rings is 5. The van der Waals surface area contributed by atoms with Crippen LogP contribution < -0.4 is 16.4 Å². The molecule has 115 heavy (non-hydrogen) atoms. The fraction of sp³-hybridized carbons (Fsp3) is 0.419. The van der Waals surface area contributed by atoms with Gasteiger partial charge in [-0.2, -0.15) is 9.78 Å². The number of carboxylic acids is 1. The summed E-state index contributed by atoms with van der Waals surface area (Å²) in [4.78, 5) is 128. The zero-order valence-corrected chi connectivity index (χ0v) is 69.2. The van der Waals surface area contributed by atoms with E-state index >= 15 is 0 Å².